The van der Waals surface area contributed by atoms with Crippen molar-refractivity contribution in [2.45, 2.75) is 38.5 Å². The third kappa shape index (κ3) is 2.77. The van der Waals surface area contributed by atoms with Crippen molar-refractivity contribution < 1.29 is 4.79 Å². The van der Waals surface area contributed by atoms with Crippen molar-refractivity contribution in [2.24, 2.45) is 0 Å². The van der Waals surface area contributed by atoms with E-state index in [2.05, 4.69) is 29.5 Å². The molecule has 2 N–H and O–H groups in total. The Hall–Kier alpha value is -1.23. The van der Waals surface area contributed by atoms with Crippen molar-refractivity contribution in [1.29, 1.82) is 0 Å². The number of hydrogen-bond acceptors (Lipinski definition) is 3. The lowest BCUT2D eigenvalue weighted by molar-refractivity contribution is 0.246. The number of carbonyl (C=O) groups is 1. The van der Waals surface area contributed by atoms with E-state index in [9.17, 15) is 4.79 Å². The van der Waals surface area contributed by atoms with Crippen LogP contribution in [0.2, 0.25) is 0 Å². The molecule has 0 radical (unpaired) electrons. The number of amides is 2. The highest BCUT2D eigenvalue weighted by atomic mass is 32.2. The maximum Gasteiger partial charge on any atom is 0.319 e. The normalized spacial score (nSPS) is 21.0. The van der Waals surface area contributed by atoms with Gasteiger partial charge in [0.15, 0.2) is 0 Å². The third-order valence-electron chi connectivity index (χ3n) is 3.25. The standard InChI is InChI=1S/C13H19N3OS/c1-8-6-14-9(2)5-10(8)15-12(17)16-11-7-18-13(11,3)4/h5-6,11H,7H2,1-4H3,(H2,14,15,16,17). The SMILES string of the molecule is Cc1cc(NC(=O)NC2CSC2(C)C)c(C)cn1. The zero-order valence-corrected chi connectivity index (χ0v) is 12.0. The first-order valence-electron chi connectivity index (χ1n) is 6.03. The minimum atomic E-state index is -0.137. The van der Waals surface area contributed by atoms with Gasteiger partial charge in [0.05, 0.1) is 6.04 Å². The zero-order chi connectivity index (χ0) is 13.3. The van der Waals surface area contributed by atoms with Crippen LogP contribution in [-0.2, 0) is 0 Å². The first-order valence-corrected chi connectivity index (χ1v) is 7.02. The summed E-state index contributed by atoms with van der Waals surface area (Å²) in [5.74, 6) is 0.981. The van der Waals surface area contributed by atoms with E-state index < -0.39 is 0 Å². The number of aromatic nitrogens is 1. The number of pyridine rings is 1. The molecule has 1 aliphatic rings. The van der Waals surface area contributed by atoms with E-state index in [0.29, 0.717) is 0 Å². The second-order valence-corrected chi connectivity index (χ2v) is 6.88. The van der Waals surface area contributed by atoms with Crippen LogP contribution in [0.1, 0.15) is 25.1 Å². The Morgan fingerprint density at radius 1 is 1.50 bits per heavy atom. The van der Waals surface area contributed by atoms with E-state index in [4.69, 9.17) is 0 Å². The van der Waals surface area contributed by atoms with E-state index >= 15 is 0 Å². The first kappa shape index (κ1) is 13.2. The zero-order valence-electron chi connectivity index (χ0n) is 11.2. The maximum atomic E-state index is 11.9. The van der Waals surface area contributed by atoms with E-state index in [1.54, 1.807) is 6.20 Å². The summed E-state index contributed by atoms with van der Waals surface area (Å²) >= 11 is 1.87. The van der Waals surface area contributed by atoms with Crippen LogP contribution < -0.4 is 10.6 Å². The first-order chi connectivity index (χ1) is 8.38. The summed E-state index contributed by atoms with van der Waals surface area (Å²) in [5.41, 5.74) is 2.69. The molecule has 2 heterocycles. The van der Waals surface area contributed by atoms with Crippen molar-refractivity contribution in [1.82, 2.24) is 10.3 Å². The Balaban J connectivity index is 1.97. The van der Waals surface area contributed by atoms with Gasteiger partial charge < -0.3 is 10.6 Å². The molecule has 5 heteroatoms. The highest BCUT2D eigenvalue weighted by molar-refractivity contribution is 8.02. The number of aryl methyl sites for hydroxylation is 2. The summed E-state index contributed by atoms with van der Waals surface area (Å²) in [7, 11) is 0. The highest BCUT2D eigenvalue weighted by Gasteiger charge is 2.40. The topological polar surface area (TPSA) is 54.0 Å². The lowest BCUT2D eigenvalue weighted by Gasteiger charge is -2.43. The molecule has 2 rings (SSSR count). The quantitative estimate of drug-likeness (QED) is 0.864. The number of hydrogen-bond donors (Lipinski definition) is 2. The van der Waals surface area contributed by atoms with Crippen molar-refractivity contribution in [2.75, 3.05) is 11.1 Å². The fraction of sp³-hybridized carbons (Fsp3) is 0.538. The Morgan fingerprint density at radius 3 is 2.78 bits per heavy atom. The molecule has 0 aromatic carbocycles. The molecule has 4 nitrogen and oxygen atoms in total. The highest BCUT2D eigenvalue weighted by Crippen LogP contribution is 2.39. The van der Waals surface area contributed by atoms with E-state index in [-0.39, 0.29) is 16.8 Å². The Labute approximate surface area is 112 Å². The van der Waals surface area contributed by atoms with Crippen LogP contribution in [0.5, 0.6) is 0 Å². The van der Waals surface area contributed by atoms with Gasteiger partial charge in [0.25, 0.3) is 0 Å². The monoisotopic (exact) mass is 265 g/mol. The minimum absolute atomic E-state index is 0.137. The number of anilines is 1. The predicted molar refractivity (Wildman–Crippen MR) is 76.2 cm³/mol. The van der Waals surface area contributed by atoms with Gasteiger partial charge in [0.1, 0.15) is 0 Å². The van der Waals surface area contributed by atoms with Crippen LogP contribution in [0.25, 0.3) is 0 Å². The smallest absolute Gasteiger partial charge is 0.319 e. The van der Waals surface area contributed by atoms with E-state index in [1.807, 2.05) is 31.7 Å². The summed E-state index contributed by atoms with van der Waals surface area (Å²) in [4.78, 5) is 16.1. The second kappa shape index (κ2) is 4.80. The molecule has 0 saturated carbocycles. The molecule has 18 heavy (non-hydrogen) atoms. The minimum Gasteiger partial charge on any atom is -0.333 e. The molecular weight excluding hydrogens is 246 g/mol. The molecule has 1 aliphatic heterocycles. The Kier molecular flexibility index (Phi) is 3.52. The third-order valence-corrected chi connectivity index (χ3v) is 4.78. The van der Waals surface area contributed by atoms with Gasteiger partial charge in [-0.15, -0.1) is 0 Å². The van der Waals surface area contributed by atoms with Gasteiger partial charge in [0.2, 0.25) is 0 Å². The van der Waals surface area contributed by atoms with Gasteiger partial charge in [-0.25, -0.2) is 4.79 Å². The van der Waals surface area contributed by atoms with E-state index in [0.717, 1.165) is 22.7 Å². The van der Waals surface area contributed by atoms with Gasteiger partial charge in [-0.3, -0.25) is 4.98 Å². The van der Waals surface area contributed by atoms with Crippen LogP contribution in [0.3, 0.4) is 0 Å². The average Bonchev–Trinajstić information content (AvgIpc) is 2.30. The number of urea groups is 1. The molecule has 1 unspecified atom stereocenters. The number of thioether (sulfide) groups is 1. The van der Waals surface area contributed by atoms with Gasteiger partial charge in [0, 0.05) is 28.1 Å². The molecule has 1 atom stereocenters. The molecule has 1 saturated heterocycles. The molecular formula is C13H19N3OS. The Bertz CT molecular complexity index is 473. The summed E-state index contributed by atoms with van der Waals surface area (Å²) < 4.78 is 0.139. The number of rotatable bonds is 2. The molecule has 98 valence electrons. The number of nitrogens with zero attached hydrogens (tertiary/aromatic N) is 1. The summed E-state index contributed by atoms with van der Waals surface area (Å²) in [5, 5.41) is 5.90. The molecule has 0 spiro atoms. The molecule has 1 aromatic rings. The van der Waals surface area contributed by atoms with Crippen LogP contribution in [0, 0.1) is 13.8 Å². The van der Waals surface area contributed by atoms with Crippen molar-refractivity contribution in [3.63, 3.8) is 0 Å². The summed E-state index contributed by atoms with van der Waals surface area (Å²) in [6.07, 6.45) is 1.77. The van der Waals surface area contributed by atoms with E-state index in [1.165, 1.54) is 0 Å². The maximum absolute atomic E-state index is 11.9. The fourth-order valence-electron chi connectivity index (χ4n) is 1.79. The lowest BCUT2D eigenvalue weighted by Crippen LogP contribution is -2.57. The van der Waals surface area contributed by atoms with Crippen molar-refractivity contribution in [3.05, 3.63) is 23.5 Å². The molecule has 1 fully saturated rings. The molecule has 1 aromatic heterocycles. The fourth-order valence-corrected chi connectivity index (χ4v) is 2.94. The Morgan fingerprint density at radius 2 is 2.22 bits per heavy atom. The van der Waals surface area contributed by atoms with Crippen molar-refractivity contribution >= 4 is 23.5 Å². The largest absolute Gasteiger partial charge is 0.333 e. The summed E-state index contributed by atoms with van der Waals surface area (Å²) in [6, 6.07) is 1.99. The second-order valence-electron chi connectivity index (χ2n) is 5.21. The van der Waals surface area contributed by atoms with Crippen LogP contribution in [0.15, 0.2) is 12.3 Å². The number of nitrogens with one attached hydrogen (secondary N) is 2. The van der Waals surface area contributed by atoms with Gasteiger partial charge in [-0.1, -0.05) is 0 Å². The molecule has 0 bridgehead atoms. The van der Waals surface area contributed by atoms with Crippen LogP contribution in [0.4, 0.5) is 10.5 Å². The van der Waals surface area contributed by atoms with Crippen LogP contribution >= 0.6 is 11.8 Å². The average molecular weight is 265 g/mol. The van der Waals surface area contributed by atoms with Gasteiger partial charge in [-0.2, -0.15) is 11.8 Å². The van der Waals surface area contributed by atoms with Crippen LogP contribution in [-0.4, -0.2) is 27.6 Å². The molecule has 0 aliphatic carbocycles. The lowest BCUT2D eigenvalue weighted by atomic mass is 10.0. The predicted octanol–water partition coefficient (Wildman–Crippen LogP) is 2.71. The number of carbonyl (C=O) groups excluding carboxylic acids is 1. The van der Waals surface area contributed by atoms with Crippen molar-refractivity contribution in [3.8, 4) is 0 Å². The summed E-state index contributed by atoms with van der Waals surface area (Å²) in [6.45, 7) is 8.14. The van der Waals surface area contributed by atoms with Gasteiger partial charge >= 0.3 is 6.03 Å². The van der Waals surface area contributed by atoms with Gasteiger partial charge in [-0.05, 0) is 39.3 Å². The molecule has 2 amide bonds.